The van der Waals surface area contributed by atoms with Crippen molar-refractivity contribution in [1.29, 1.82) is 0 Å². The van der Waals surface area contributed by atoms with Gasteiger partial charge in [0, 0.05) is 6.42 Å². The number of imide groups is 1. The average Bonchev–Trinajstić information content (AvgIpc) is 1.63. The molecule has 0 aromatic carbocycles. The predicted molar refractivity (Wildman–Crippen MR) is 31.1 cm³/mol. The van der Waals surface area contributed by atoms with E-state index in [9.17, 15) is 9.59 Å². The summed E-state index contributed by atoms with van der Waals surface area (Å²) in [5.74, 6) is -0.440. The van der Waals surface area contributed by atoms with Crippen molar-refractivity contribution < 1.29 is 14.7 Å². The maximum Gasteiger partial charge on any atom is 0.411 e. The number of carbonyl (C=O) groups is 2. The van der Waals surface area contributed by atoms with E-state index in [1.165, 1.54) is 0 Å². The Balaban J connectivity index is 3.39. The number of hydrogen-bond donors (Lipinski definition) is 2. The summed E-state index contributed by atoms with van der Waals surface area (Å²) in [5.41, 5.74) is 0. The Hall–Kier alpha value is -1.06. The Bertz CT molecular complexity index is 121. The fourth-order valence-electron chi connectivity index (χ4n) is 0.409. The van der Waals surface area contributed by atoms with E-state index < -0.39 is 12.0 Å². The van der Waals surface area contributed by atoms with E-state index in [-0.39, 0.29) is 6.42 Å². The van der Waals surface area contributed by atoms with Gasteiger partial charge in [-0.05, 0) is 6.42 Å². The van der Waals surface area contributed by atoms with Crippen LogP contribution in [0.3, 0.4) is 0 Å². The molecule has 9 heavy (non-hydrogen) atoms. The first-order valence-electron chi connectivity index (χ1n) is 2.69. The molecule has 0 spiro atoms. The molecule has 0 unspecified atom stereocenters. The van der Waals surface area contributed by atoms with Crippen molar-refractivity contribution in [3.8, 4) is 0 Å². The van der Waals surface area contributed by atoms with Crippen LogP contribution in [0.5, 0.6) is 0 Å². The van der Waals surface area contributed by atoms with Crippen LogP contribution in [0, 0.1) is 0 Å². The summed E-state index contributed by atoms with van der Waals surface area (Å²) < 4.78 is 0. The average molecular weight is 131 g/mol. The smallest absolute Gasteiger partial charge is 0.411 e. The standard InChI is InChI=1S/C5H9NO3/c1-2-3-4(7)6-5(8)9/h2-3H2,1H3,(H,6,7)(H,8,9). The third-order valence-corrected chi connectivity index (χ3v) is 0.723. The molecule has 2 amide bonds. The first-order chi connectivity index (χ1) is 4.16. The Labute approximate surface area is 52.9 Å². The van der Waals surface area contributed by atoms with Crippen LogP contribution in [0.25, 0.3) is 0 Å². The fourth-order valence-corrected chi connectivity index (χ4v) is 0.409. The Morgan fingerprint density at radius 1 is 1.56 bits per heavy atom. The zero-order valence-corrected chi connectivity index (χ0v) is 5.18. The Morgan fingerprint density at radius 3 is 2.44 bits per heavy atom. The van der Waals surface area contributed by atoms with Crippen LogP contribution in [0.1, 0.15) is 19.8 Å². The van der Waals surface area contributed by atoms with Gasteiger partial charge in [-0.1, -0.05) is 6.92 Å². The molecule has 0 atom stereocenters. The van der Waals surface area contributed by atoms with Crippen LogP contribution in [0.15, 0.2) is 0 Å². The molecule has 0 heterocycles. The first-order valence-corrected chi connectivity index (χ1v) is 2.69. The molecule has 2 N–H and O–H groups in total. The first kappa shape index (κ1) is 7.94. The van der Waals surface area contributed by atoms with E-state index in [1.54, 1.807) is 12.2 Å². The van der Waals surface area contributed by atoms with E-state index in [4.69, 9.17) is 5.11 Å². The van der Waals surface area contributed by atoms with Gasteiger partial charge in [0.05, 0.1) is 0 Å². The van der Waals surface area contributed by atoms with Crippen molar-refractivity contribution in [2.24, 2.45) is 0 Å². The third kappa shape index (κ3) is 4.80. The molecule has 0 aromatic rings. The molecule has 0 rings (SSSR count). The predicted octanol–water partition coefficient (Wildman–Crippen LogP) is 0.581. The van der Waals surface area contributed by atoms with Crippen molar-refractivity contribution in [1.82, 2.24) is 5.32 Å². The van der Waals surface area contributed by atoms with E-state index in [0.29, 0.717) is 6.42 Å². The second kappa shape index (κ2) is 3.88. The van der Waals surface area contributed by atoms with Crippen molar-refractivity contribution >= 4 is 12.0 Å². The molecule has 4 heteroatoms. The molecule has 0 saturated carbocycles. The van der Waals surface area contributed by atoms with Gasteiger partial charge < -0.3 is 5.11 Å². The minimum Gasteiger partial charge on any atom is -0.465 e. The van der Waals surface area contributed by atoms with Gasteiger partial charge in [0.2, 0.25) is 5.91 Å². The van der Waals surface area contributed by atoms with Crippen LogP contribution in [0.4, 0.5) is 4.79 Å². The summed E-state index contributed by atoms with van der Waals surface area (Å²) in [6.45, 7) is 1.81. The van der Waals surface area contributed by atoms with Crippen LogP contribution < -0.4 is 5.32 Å². The number of nitrogens with one attached hydrogen (secondary N) is 1. The summed E-state index contributed by atoms with van der Waals surface area (Å²) in [7, 11) is 0. The second-order valence-corrected chi connectivity index (χ2v) is 1.60. The van der Waals surface area contributed by atoms with Gasteiger partial charge >= 0.3 is 6.09 Å². The lowest BCUT2D eigenvalue weighted by Crippen LogP contribution is -2.28. The minimum absolute atomic E-state index is 0.270. The second-order valence-electron chi connectivity index (χ2n) is 1.60. The van der Waals surface area contributed by atoms with Gasteiger partial charge in [-0.3, -0.25) is 10.1 Å². The largest absolute Gasteiger partial charge is 0.465 e. The van der Waals surface area contributed by atoms with E-state index in [1.807, 2.05) is 0 Å². The maximum atomic E-state index is 10.4. The number of amides is 2. The number of hydrogen-bond acceptors (Lipinski definition) is 2. The molecular weight excluding hydrogens is 122 g/mol. The van der Waals surface area contributed by atoms with Gasteiger partial charge in [-0.15, -0.1) is 0 Å². The van der Waals surface area contributed by atoms with Gasteiger partial charge in [0.25, 0.3) is 0 Å². The molecule has 4 nitrogen and oxygen atoms in total. The van der Waals surface area contributed by atoms with E-state index in [0.717, 1.165) is 0 Å². The molecule has 0 saturated heterocycles. The lowest BCUT2D eigenvalue weighted by molar-refractivity contribution is -0.120. The number of carbonyl (C=O) groups excluding carboxylic acids is 1. The van der Waals surface area contributed by atoms with Crippen LogP contribution in [0.2, 0.25) is 0 Å². The highest BCUT2D eigenvalue weighted by Crippen LogP contribution is 1.84. The molecule has 52 valence electrons. The summed E-state index contributed by atoms with van der Waals surface area (Å²) >= 11 is 0. The van der Waals surface area contributed by atoms with Crippen molar-refractivity contribution in [3.05, 3.63) is 0 Å². The van der Waals surface area contributed by atoms with Crippen molar-refractivity contribution in [2.45, 2.75) is 19.8 Å². The van der Waals surface area contributed by atoms with Gasteiger partial charge in [-0.25, -0.2) is 4.79 Å². The molecule has 0 radical (unpaired) electrons. The van der Waals surface area contributed by atoms with Gasteiger partial charge in [-0.2, -0.15) is 0 Å². The molecule has 0 aliphatic heterocycles. The van der Waals surface area contributed by atoms with Crippen LogP contribution in [-0.2, 0) is 4.79 Å². The molecule has 0 aromatic heterocycles. The molecule has 0 aliphatic rings. The quantitative estimate of drug-likeness (QED) is 0.576. The Kier molecular flexibility index (Phi) is 3.43. The lowest BCUT2D eigenvalue weighted by atomic mass is 10.3. The van der Waals surface area contributed by atoms with Crippen LogP contribution in [-0.4, -0.2) is 17.1 Å². The zero-order valence-electron chi connectivity index (χ0n) is 5.18. The van der Waals surface area contributed by atoms with E-state index >= 15 is 0 Å². The van der Waals surface area contributed by atoms with Crippen molar-refractivity contribution in [2.75, 3.05) is 0 Å². The molecule has 0 aliphatic carbocycles. The number of rotatable bonds is 2. The van der Waals surface area contributed by atoms with Crippen molar-refractivity contribution in [3.63, 3.8) is 0 Å². The van der Waals surface area contributed by atoms with E-state index in [2.05, 4.69) is 0 Å². The number of carboxylic acid groups (broad SMARTS) is 1. The minimum atomic E-state index is -1.28. The highest BCUT2D eigenvalue weighted by molar-refractivity contribution is 5.90. The monoisotopic (exact) mass is 131 g/mol. The third-order valence-electron chi connectivity index (χ3n) is 0.723. The molecule has 0 fully saturated rings. The molecule has 0 bridgehead atoms. The lowest BCUT2D eigenvalue weighted by Gasteiger charge is -1.94. The summed E-state index contributed by atoms with van der Waals surface area (Å²) in [4.78, 5) is 20.1. The highest BCUT2D eigenvalue weighted by atomic mass is 16.4. The Morgan fingerprint density at radius 2 is 2.11 bits per heavy atom. The summed E-state index contributed by atoms with van der Waals surface area (Å²) in [6, 6.07) is 0. The fraction of sp³-hybridized carbons (Fsp3) is 0.600. The normalized spacial score (nSPS) is 8.56. The summed E-state index contributed by atoms with van der Waals surface area (Å²) in [5, 5.41) is 9.70. The van der Waals surface area contributed by atoms with Crippen LogP contribution >= 0.6 is 0 Å². The SMILES string of the molecule is CCCC(=O)NC(=O)O. The zero-order chi connectivity index (χ0) is 7.28. The topological polar surface area (TPSA) is 66.4 Å². The summed E-state index contributed by atoms with van der Waals surface area (Å²) in [6.07, 6.45) is -0.348. The molecular formula is C5H9NO3. The van der Waals surface area contributed by atoms with Gasteiger partial charge in [0.1, 0.15) is 0 Å². The maximum absolute atomic E-state index is 10.4. The highest BCUT2D eigenvalue weighted by Gasteiger charge is 2.01. The van der Waals surface area contributed by atoms with Gasteiger partial charge in [0.15, 0.2) is 0 Å².